The molecule has 1 aromatic rings. The second-order valence-electron chi connectivity index (χ2n) is 5.74. The Morgan fingerprint density at radius 2 is 2.00 bits per heavy atom. The molecular weight excluding hydrogens is 363 g/mol. The van der Waals surface area contributed by atoms with Crippen LogP contribution in [0.4, 0.5) is 18.0 Å². The number of halogens is 4. The van der Waals surface area contributed by atoms with Crippen molar-refractivity contribution < 1.29 is 27.9 Å². The van der Waals surface area contributed by atoms with Crippen LogP contribution < -0.4 is 5.32 Å². The summed E-state index contributed by atoms with van der Waals surface area (Å²) in [4.78, 5) is 27.8. The third-order valence-corrected chi connectivity index (χ3v) is 4.37. The summed E-state index contributed by atoms with van der Waals surface area (Å²) in [7, 11) is 0. The van der Waals surface area contributed by atoms with Crippen LogP contribution in [0.5, 0.6) is 0 Å². The zero-order valence-electron chi connectivity index (χ0n) is 13.1. The molecule has 6 nitrogen and oxygen atoms in total. The van der Waals surface area contributed by atoms with Crippen molar-refractivity contribution in [3.05, 3.63) is 28.5 Å². The number of aromatic nitrogens is 1. The van der Waals surface area contributed by atoms with Gasteiger partial charge in [0.05, 0.1) is 16.3 Å². The van der Waals surface area contributed by atoms with Crippen molar-refractivity contribution in [1.29, 1.82) is 0 Å². The van der Waals surface area contributed by atoms with E-state index in [1.165, 1.54) is 4.90 Å². The number of piperidine rings is 1. The van der Waals surface area contributed by atoms with E-state index >= 15 is 0 Å². The van der Waals surface area contributed by atoms with Gasteiger partial charge in [0.15, 0.2) is 0 Å². The van der Waals surface area contributed by atoms with Crippen molar-refractivity contribution in [3.63, 3.8) is 0 Å². The third-order valence-electron chi connectivity index (χ3n) is 4.04. The van der Waals surface area contributed by atoms with Gasteiger partial charge in [0.1, 0.15) is 0 Å². The molecule has 2 amide bonds. The number of nitrogens with one attached hydrogen (secondary N) is 1. The predicted octanol–water partition coefficient (Wildman–Crippen LogP) is 2.80. The second kappa shape index (κ2) is 7.90. The van der Waals surface area contributed by atoms with Gasteiger partial charge in [0, 0.05) is 38.2 Å². The summed E-state index contributed by atoms with van der Waals surface area (Å²) in [6.45, 7) is 0.801. The fraction of sp³-hybridized carbons (Fsp3) is 0.533. The molecule has 2 N–H and O–H groups in total. The van der Waals surface area contributed by atoms with Gasteiger partial charge in [0.2, 0.25) is 5.91 Å². The maximum Gasteiger partial charge on any atom is 0.417 e. The summed E-state index contributed by atoms with van der Waals surface area (Å²) in [5.74, 6) is -0.472. The lowest BCUT2D eigenvalue weighted by molar-refractivity contribution is -0.137. The van der Waals surface area contributed by atoms with E-state index in [1.54, 1.807) is 0 Å². The van der Waals surface area contributed by atoms with Crippen molar-refractivity contribution in [2.45, 2.75) is 25.4 Å². The highest BCUT2D eigenvalue weighted by Gasteiger charge is 2.31. The van der Waals surface area contributed by atoms with Crippen molar-refractivity contribution in [2.24, 2.45) is 5.92 Å². The molecule has 0 spiro atoms. The standard InChI is InChI=1S/C15H17ClF3N3O3/c16-11-7-10(15(17,18)19)8-21-12(11)1-4-20-13(23)9-2-5-22(6-3-9)14(24)25/h7-9H,1-6H2,(H,20,23)(H,24,25). The maximum absolute atomic E-state index is 12.5. The number of carbonyl (C=O) groups excluding carboxylic acids is 1. The van der Waals surface area contributed by atoms with Crippen LogP contribution in [0.3, 0.4) is 0 Å². The molecule has 2 heterocycles. The molecule has 1 aromatic heterocycles. The van der Waals surface area contributed by atoms with Gasteiger partial charge in [-0.2, -0.15) is 13.2 Å². The SMILES string of the molecule is O=C(NCCc1ncc(C(F)(F)F)cc1Cl)C1CCN(C(=O)O)CC1. The minimum absolute atomic E-state index is 0.0983. The van der Waals surface area contributed by atoms with E-state index < -0.39 is 17.8 Å². The lowest BCUT2D eigenvalue weighted by Crippen LogP contribution is -2.42. The van der Waals surface area contributed by atoms with Crippen LogP contribution in [0.2, 0.25) is 5.02 Å². The average Bonchev–Trinajstić information content (AvgIpc) is 2.55. The molecule has 25 heavy (non-hydrogen) atoms. The molecule has 1 aliphatic heterocycles. The van der Waals surface area contributed by atoms with Gasteiger partial charge in [-0.1, -0.05) is 11.6 Å². The van der Waals surface area contributed by atoms with E-state index in [-0.39, 0.29) is 35.5 Å². The Bertz CT molecular complexity index is 647. The molecule has 0 aromatic carbocycles. The summed E-state index contributed by atoms with van der Waals surface area (Å²) in [5, 5.41) is 11.5. The van der Waals surface area contributed by atoms with Crippen molar-refractivity contribution >= 4 is 23.6 Å². The number of amides is 2. The maximum atomic E-state index is 12.5. The number of likely N-dealkylation sites (tertiary alicyclic amines) is 1. The highest BCUT2D eigenvalue weighted by atomic mass is 35.5. The number of hydrogen-bond donors (Lipinski definition) is 2. The Labute approximate surface area is 147 Å². The van der Waals surface area contributed by atoms with Gasteiger partial charge >= 0.3 is 12.3 Å². The van der Waals surface area contributed by atoms with Crippen LogP contribution in [0.1, 0.15) is 24.1 Å². The molecule has 0 aliphatic carbocycles. The molecule has 1 fully saturated rings. The van der Waals surface area contributed by atoms with E-state index in [1.807, 2.05) is 0 Å². The number of hydrogen-bond acceptors (Lipinski definition) is 3. The third kappa shape index (κ3) is 5.22. The lowest BCUT2D eigenvalue weighted by atomic mass is 9.96. The Kier molecular flexibility index (Phi) is 6.10. The highest BCUT2D eigenvalue weighted by molar-refractivity contribution is 6.31. The first-order valence-electron chi connectivity index (χ1n) is 7.65. The molecule has 0 unspecified atom stereocenters. The molecule has 10 heteroatoms. The van der Waals surface area contributed by atoms with Crippen LogP contribution in [0, 0.1) is 5.92 Å². The number of pyridine rings is 1. The van der Waals surface area contributed by atoms with Crippen LogP contribution in [-0.2, 0) is 17.4 Å². The summed E-state index contributed by atoms with van der Waals surface area (Å²) in [6.07, 6.45) is -3.70. The van der Waals surface area contributed by atoms with Crippen LogP contribution in [0.15, 0.2) is 12.3 Å². The van der Waals surface area contributed by atoms with Crippen LogP contribution >= 0.6 is 11.6 Å². The Balaban J connectivity index is 1.81. The molecule has 2 rings (SSSR count). The van der Waals surface area contributed by atoms with Crippen molar-refractivity contribution in [3.8, 4) is 0 Å². The summed E-state index contributed by atoms with van der Waals surface area (Å²) < 4.78 is 37.6. The Morgan fingerprint density at radius 3 is 2.52 bits per heavy atom. The van der Waals surface area contributed by atoms with E-state index in [9.17, 15) is 22.8 Å². The van der Waals surface area contributed by atoms with Gasteiger partial charge in [-0.05, 0) is 18.9 Å². The fourth-order valence-corrected chi connectivity index (χ4v) is 2.85. The van der Waals surface area contributed by atoms with Gasteiger partial charge in [-0.15, -0.1) is 0 Å². The summed E-state index contributed by atoms with van der Waals surface area (Å²) in [6, 6.07) is 0.813. The molecule has 0 saturated carbocycles. The largest absolute Gasteiger partial charge is 0.465 e. The topological polar surface area (TPSA) is 82.5 Å². The fourth-order valence-electron chi connectivity index (χ4n) is 2.59. The molecule has 0 bridgehead atoms. The number of carbonyl (C=O) groups is 2. The van der Waals surface area contributed by atoms with E-state index in [2.05, 4.69) is 10.3 Å². The first-order valence-corrected chi connectivity index (χ1v) is 8.03. The molecule has 1 saturated heterocycles. The number of carboxylic acid groups (broad SMARTS) is 1. The summed E-state index contributed by atoms with van der Waals surface area (Å²) >= 11 is 5.81. The zero-order chi connectivity index (χ0) is 18.6. The van der Waals surface area contributed by atoms with E-state index in [4.69, 9.17) is 16.7 Å². The first-order chi connectivity index (χ1) is 11.7. The monoisotopic (exact) mass is 379 g/mol. The lowest BCUT2D eigenvalue weighted by Gasteiger charge is -2.29. The molecule has 0 radical (unpaired) electrons. The zero-order valence-corrected chi connectivity index (χ0v) is 13.9. The summed E-state index contributed by atoms with van der Waals surface area (Å²) in [5.41, 5.74) is -0.647. The van der Waals surface area contributed by atoms with E-state index in [0.717, 1.165) is 6.07 Å². The van der Waals surface area contributed by atoms with Gasteiger partial charge < -0.3 is 15.3 Å². The quantitative estimate of drug-likeness (QED) is 0.842. The average molecular weight is 380 g/mol. The van der Waals surface area contributed by atoms with E-state index in [0.29, 0.717) is 32.1 Å². The second-order valence-corrected chi connectivity index (χ2v) is 6.14. The number of rotatable bonds is 4. The Morgan fingerprint density at radius 1 is 1.36 bits per heavy atom. The van der Waals surface area contributed by atoms with Crippen LogP contribution in [0.25, 0.3) is 0 Å². The smallest absolute Gasteiger partial charge is 0.417 e. The molecule has 138 valence electrons. The Hall–Kier alpha value is -2.03. The van der Waals surface area contributed by atoms with Gasteiger partial charge in [0.25, 0.3) is 0 Å². The van der Waals surface area contributed by atoms with Crippen molar-refractivity contribution in [1.82, 2.24) is 15.2 Å². The number of alkyl halides is 3. The normalized spacial score (nSPS) is 15.9. The minimum atomic E-state index is -4.51. The van der Waals surface area contributed by atoms with Crippen LogP contribution in [-0.4, -0.2) is 46.6 Å². The van der Waals surface area contributed by atoms with Crippen molar-refractivity contribution in [2.75, 3.05) is 19.6 Å². The molecule has 0 atom stereocenters. The highest BCUT2D eigenvalue weighted by Crippen LogP contribution is 2.31. The van der Waals surface area contributed by atoms with Gasteiger partial charge in [-0.3, -0.25) is 9.78 Å². The van der Waals surface area contributed by atoms with Gasteiger partial charge in [-0.25, -0.2) is 4.79 Å². The predicted molar refractivity (Wildman–Crippen MR) is 83.3 cm³/mol. The first kappa shape index (κ1) is 19.3. The minimum Gasteiger partial charge on any atom is -0.465 e. The molecule has 1 aliphatic rings. The molecular formula is C15H17ClF3N3O3. The number of nitrogens with zero attached hydrogens (tertiary/aromatic N) is 2.